The first kappa shape index (κ1) is 10.4. The van der Waals surface area contributed by atoms with Crippen molar-refractivity contribution in [2.75, 3.05) is 12.3 Å². The molecule has 1 aliphatic rings. The van der Waals surface area contributed by atoms with Crippen LogP contribution in [0.4, 0.5) is 0 Å². The minimum absolute atomic E-state index is 0.368. The van der Waals surface area contributed by atoms with E-state index in [0.29, 0.717) is 6.54 Å². The third-order valence-corrected chi connectivity index (χ3v) is 4.10. The molecule has 0 aromatic heterocycles. The zero-order valence-corrected chi connectivity index (χ0v) is 8.57. The number of nitrogens with two attached hydrogens (primary N) is 1. The van der Waals surface area contributed by atoms with E-state index in [9.17, 15) is 5.11 Å². The monoisotopic (exact) mass is 189 g/mol. The lowest BCUT2D eigenvalue weighted by Gasteiger charge is -2.22. The molecule has 0 heterocycles. The van der Waals surface area contributed by atoms with Gasteiger partial charge in [-0.15, -0.1) is 0 Å². The van der Waals surface area contributed by atoms with Crippen molar-refractivity contribution < 1.29 is 5.11 Å². The van der Waals surface area contributed by atoms with E-state index < -0.39 is 5.60 Å². The zero-order valence-electron chi connectivity index (χ0n) is 7.75. The second kappa shape index (κ2) is 4.49. The Morgan fingerprint density at radius 3 is 2.58 bits per heavy atom. The molecule has 0 aromatic carbocycles. The molecule has 72 valence electrons. The summed E-state index contributed by atoms with van der Waals surface area (Å²) in [5, 5.41) is 10.4. The Morgan fingerprint density at radius 1 is 1.50 bits per heavy atom. The van der Waals surface area contributed by atoms with Crippen LogP contribution in [0.15, 0.2) is 0 Å². The van der Waals surface area contributed by atoms with Gasteiger partial charge in [0.25, 0.3) is 0 Å². The molecule has 1 saturated carbocycles. The number of rotatable bonds is 4. The van der Waals surface area contributed by atoms with Crippen molar-refractivity contribution in [1.29, 1.82) is 0 Å². The predicted octanol–water partition coefficient (Wildman–Crippen LogP) is 1.37. The molecule has 0 aliphatic heterocycles. The van der Waals surface area contributed by atoms with Crippen LogP contribution in [0.3, 0.4) is 0 Å². The summed E-state index contributed by atoms with van der Waals surface area (Å²) in [6.07, 6.45) is 5.38. The van der Waals surface area contributed by atoms with Crippen LogP contribution in [0.1, 0.15) is 32.6 Å². The Kier molecular flexibility index (Phi) is 3.87. The van der Waals surface area contributed by atoms with E-state index in [1.807, 2.05) is 18.7 Å². The van der Waals surface area contributed by atoms with Gasteiger partial charge in [-0.1, -0.05) is 12.8 Å². The fourth-order valence-corrected chi connectivity index (χ4v) is 2.79. The van der Waals surface area contributed by atoms with Gasteiger partial charge < -0.3 is 10.8 Å². The summed E-state index contributed by atoms with van der Waals surface area (Å²) < 4.78 is 0. The summed E-state index contributed by atoms with van der Waals surface area (Å²) in [5.74, 6) is 0.786. The highest BCUT2D eigenvalue weighted by Crippen LogP contribution is 2.30. The first-order valence-corrected chi connectivity index (χ1v) is 5.73. The predicted molar refractivity (Wildman–Crippen MR) is 54.4 cm³/mol. The lowest BCUT2D eigenvalue weighted by atomic mass is 10.1. The van der Waals surface area contributed by atoms with E-state index in [1.165, 1.54) is 25.7 Å². The highest BCUT2D eigenvalue weighted by atomic mass is 32.2. The van der Waals surface area contributed by atoms with Crippen molar-refractivity contribution in [3.63, 3.8) is 0 Å². The summed E-state index contributed by atoms with van der Waals surface area (Å²) in [4.78, 5) is 0. The lowest BCUT2D eigenvalue weighted by molar-refractivity contribution is 0.0948. The first-order chi connectivity index (χ1) is 5.64. The van der Waals surface area contributed by atoms with E-state index in [4.69, 9.17) is 5.73 Å². The molecule has 0 aromatic rings. The third kappa shape index (κ3) is 3.33. The highest BCUT2D eigenvalue weighted by Gasteiger charge is 2.22. The van der Waals surface area contributed by atoms with Crippen molar-refractivity contribution in [3.8, 4) is 0 Å². The van der Waals surface area contributed by atoms with E-state index >= 15 is 0 Å². The van der Waals surface area contributed by atoms with Crippen LogP contribution in [0.25, 0.3) is 0 Å². The van der Waals surface area contributed by atoms with Gasteiger partial charge in [-0.05, 0) is 19.8 Å². The fourth-order valence-electron chi connectivity index (χ4n) is 1.41. The number of hydrogen-bond acceptors (Lipinski definition) is 3. The highest BCUT2D eigenvalue weighted by molar-refractivity contribution is 7.99. The maximum absolute atomic E-state index is 9.64. The van der Waals surface area contributed by atoms with Gasteiger partial charge in [-0.2, -0.15) is 11.8 Å². The van der Waals surface area contributed by atoms with Crippen LogP contribution in [0, 0.1) is 0 Å². The molecule has 1 aliphatic carbocycles. The average molecular weight is 189 g/mol. The second-order valence-corrected chi connectivity index (χ2v) is 5.21. The standard InChI is InChI=1S/C9H19NOS/c1-9(11,6-10)7-12-8-4-2-3-5-8/h8,11H,2-7,10H2,1H3. The van der Waals surface area contributed by atoms with E-state index in [-0.39, 0.29) is 0 Å². The van der Waals surface area contributed by atoms with Gasteiger partial charge in [0, 0.05) is 17.5 Å². The van der Waals surface area contributed by atoms with Gasteiger partial charge in [0.2, 0.25) is 0 Å². The zero-order chi connectivity index (χ0) is 9.03. The van der Waals surface area contributed by atoms with Gasteiger partial charge in [-0.25, -0.2) is 0 Å². The molecular formula is C9H19NOS. The van der Waals surface area contributed by atoms with E-state index in [0.717, 1.165) is 11.0 Å². The maximum Gasteiger partial charge on any atom is 0.0831 e. The molecular weight excluding hydrogens is 170 g/mol. The Bertz CT molecular complexity index is 132. The van der Waals surface area contributed by atoms with Gasteiger partial charge in [-0.3, -0.25) is 0 Å². The second-order valence-electron chi connectivity index (χ2n) is 3.92. The van der Waals surface area contributed by atoms with Crippen molar-refractivity contribution in [2.24, 2.45) is 5.73 Å². The van der Waals surface area contributed by atoms with Crippen molar-refractivity contribution in [2.45, 2.75) is 43.5 Å². The molecule has 2 nitrogen and oxygen atoms in total. The summed E-state index contributed by atoms with van der Waals surface area (Å²) in [6.45, 7) is 2.18. The summed E-state index contributed by atoms with van der Waals surface area (Å²) >= 11 is 1.89. The molecule has 0 bridgehead atoms. The molecule has 0 amide bonds. The Labute approximate surface area is 78.9 Å². The smallest absolute Gasteiger partial charge is 0.0831 e. The lowest BCUT2D eigenvalue weighted by Crippen LogP contribution is -2.37. The van der Waals surface area contributed by atoms with Gasteiger partial charge >= 0.3 is 0 Å². The van der Waals surface area contributed by atoms with Crippen molar-refractivity contribution >= 4 is 11.8 Å². The maximum atomic E-state index is 9.64. The normalized spacial score (nSPS) is 24.2. The van der Waals surface area contributed by atoms with Crippen LogP contribution in [0.2, 0.25) is 0 Å². The fraction of sp³-hybridized carbons (Fsp3) is 1.00. The summed E-state index contributed by atoms with van der Waals surface area (Å²) in [5.41, 5.74) is 4.77. The van der Waals surface area contributed by atoms with Gasteiger partial charge in [0.15, 0.2) is 0 Å². The Balaban J connectivity index is 2.15. The first-order valence-electron chi connectivity index (χ1n) is 4.68. The van der Waals surface area contributed by atoms with Gasteiger partial charge in [0.1, 0.15) is 0 Å². The van der Waals surface area contributed by atoms with Crippen LogP contribution in [0.5, 0.6) is 0 Å². The van der Waals surface area contributed by atoms with Crippen molar-refractivity contribution in [1.82, 2.24) is 0 Å². The number of aliphatic hydroxyl groups is 1. The molecule has 1 fully saturated rings. The van der Waals surface area contributed by atoms with Crippen LogP contribution in [-0.2, 0) is 0 Å². The molecule has 0 saturated heterocycles. The van der Waals surface area contributed by atoms with E-state index in [2.05, 4.69) is 0 Å². The number of hydrogen-bond donors (Lipinski definition) is 2. The Morgan fingerprint density at radius 2 is 2.08 bits per heavy atom. The van der Waals surface area contributed by atoms with Crippen LogP contribution >= 0.6 is 11.8 Å². The molecule has 12 heavy (non-hydrogen) atoms. The van der Waals surface area contributed by atoms with E-state index in [1.54, 1.807) is 0 Å². The largest absolute Gasteiger partial charge is 0.388 e. The van der Waals surface area contributed by atoms with Crippen molar-refractivity contribution in [3.05, 3.63) is 0 Å². The summed E-state index contributed by atoms with van der Waals surface area (Å²) in [6, 6.07) is 0. The van der Waals surface area contributed by atoms with Crippen LogP contribution < -0.4 is 5.73 Å². The molecule has 1 unspecified atom stereocenters. The quantitative estimate of drug-likeness (QED) is 0.702. The summed E-state index contributed by atoms with van der Waals surface area (Å²) in [7, 11) is 0. The molecule has 0 radical (unpaired) electrons. The third-order valence-electron chi connectivity index (χ3n) is 2.37. The number of thioether (sulfide) groups is 1. The topological polar surface area (TPSA) is 46.2 Å². The molecule has 3 heteroatoms. The average Bonchev–Trinajstić information content (AvgIpc) is 2.53. The molecule has 3 N–H and O–H groups in total. The Hall–Kier alpha value is 0.270. The molecule has 1 atom stereocenters. The minimum Gasteiger partial charge on any atom is -0.388 e. The minimum atomic E-state index is -0.659. The SMILES string of the molecule is CC(O)(CN)CSC1CCCC1. The molecule has 1 rings (SSSR count). The molecule has 0 spiro atoms. The van der Waals surface area contributed by atoms with Crippen LogP contribution in [-0.4, -0.2) is 28.3 Å². The van der Waals surface area contributed by atoms with Gasteiger partial charge in [0.05, 0.1) is 5.60 Å².